The van der Waals surface area contributed by atoms with E-state index in [4.69, 9.17) is 10.6 Å². The molecule has 0 heterocycles. The van der Waals surface area contributed by atoms with Crippen molar-refractivity contribution in [2.45, 2.75) is 31.8 Å². The lowest BCUT2D eigenvalue weighted by molar-refractivity contribution is -0.137. The van der Waals surface area contributed by atoms with Crippen LogP contribution in [0.5, 0.6) is 0 Å². The summed E-state index contributed by atoms with van der Waals surface area (Å²) in [6.07, 6.45) is 0.706. The molecule has 0 radical (unpaired) electrons. The fourth-order valence-electron chi connectivity index (χ4n) is 2.74. The van der Waals surface area contributed by atoms with E-state index in [9.17, 15) is 14.4 Å². The van der Waals surface area contributed by atoms with Crippen LogP contribution in [0.15, 0.2) is 59.7 Å². The van der Waals surface area contributed by atoms with Gasteiger partial charge in [0.2, 0.25) is 5.91 Å². The van der Waals surface area contributed by atoms with Gasteiger partial charge in [-0.3, -0.25) is 14.4 Å². The van der Waals surface area contributed by atoms with E-state index in [1.165, 1.54) is 0 Å². The highest BCUT2D eigenvalue weighted by Crippen LogP contribution is 2.07. The Balaban J connectivity index is 1.82. The number of nitrogens with zero attached hydrogens (tertiary/aromatic N) is 3. The fourth-order valence-corrected chi connectivity index (χ4v) is 2.74. The Morgan fingerprint density at radius 1 is 1.03 bits per heavy atom. The monoisotopic (exact) mass is 409 g/mol. The van der Waals surface area contributed by atoms with Crippen molar-refractivity contribution in [3.8, 4) is 0 Å². The van der Waals surface area contributed by atoms with Crippen molar-refractivity contribution >= 4 is 17.8 Å². The third-order valence-corrected chi connectivity index (χ3v) is 4.31. The second kappa shape index (κ2) is 11.9. The predicted molar refractivity (Wildman–Crippen MR) is 111 cm³/mol. The van der Waals surface area contributed by atoms with Crippen LogP contribution in [0.4, 0.5) is 0 Å². The number of carbonyl (C=O) groups is 3. The lowest BCUT2D eigenvalue weighted by Gasteiger charge is -2.14. The second-order valence-corrected chi connectivity index (χ2v) is 6.64. The molecule has 0 bridgehead atoms. The van der Waals surface area contributed by atoms with E-state index in [0.717, 1.165) is 11.1 Å². The topological polar surface area (TPSA) is 144 Å². The molecule has 0 fully saturated rings. The van der Waals surface area contributed by atoms with Crippen LogP contribution in [-0.4, -0.2) is 35.5 Å². The number of amides is 2. The molecule has 2 aromatic rings. The van der Waals surface area contributed by atoms with Crippen molar-refractivity contribution in [1.29, 1.82) is 0 Å². The Labute approximate surface area is 173 Å². The molecule has 0 aliphatic heterocycles. The lowest BCUT2D eigenvalue weighted by atomic mass is 10.1. The van der Waals surface area contributed by atoms with E-state index in [1.54, 1.807) is 24.3 Å². The Morgan fingerprint density at radius 3 is 2.37 bits per heavy atom. The minimum atomic E-state index is -1.10. The molecule has 9 nitrogen and oxygen atoms in total. The average Bonchev–Trinajstić information content (AvgIpc) is 2.75. The first kappa shape index (κ1) is 22.4. The van der Waals surface area contributed by atoms with Gasteiger partial charge >= 0.3 is 5.97 Å². The number of rotatable bonds is 11. The summed E-state index contributed by atoms with van der Waals surface area (Å²) < 4.78 is 0. The summed E-state index contributed by atoms with van der Waals surface area (Å²) in [6.45, 7) is 0.190. The summed E-state index contributed by atoms with van der Waals surface area (Å²) >= 11 is 0. The van der Waals surface area contributed by atoms with Crippen molar-refractivity contribution in [3.63, 3.8) is 0 Å². The van der Waals surface area contributed by atoms with Crippen LogP contribution in [0, 0.1) is 0 Å². The van der Waals surface area contributed by atoms with Crippen LogP contribution in [0.25, 0.3) is 10.4 Å². The van der Waals surface area contributed by atoms with E-state index < -0.39 is 17.9 Å². The van der Waals surface area contributed by atoms with Crippen molar-refractivity contribution in [1.82, 2.24) is 10.6 Å². The molecule has 2 rings (SSSR count). The average molecular weight is 409 g/mol. The number of aryl methyl sites for hydroxylation is 1. The lowest BCUT2D eigenvalue weighted by Crippen LogP contribution is -2.38. The SMILES string of the molecule is [N-]=[N+]=NC[C@H](CC(=O)O)NC(=O)c1ccc(CNC(=O)CCc2ccccc2)cc1. The number of azide groups is 1. The molecule has 1 atom stereocenters. The highest BCUT2D eigenvalue weighted by Gasteiger charge is 2.16. The normalized spacial score (nSPS) is 11.1. The molecule has 0 saturated carbocycles. The first-order chi connectivity index (χ1) is 14.5. The van der Waals surface area contributed by atoms with E-state index in [-0.39, 0.29) is 18.9 Å². The van der Waals surface area contributed by atoms with Crippen molar-refractivity contribution in [2.24, 2.45) is 5.11 Å². The molecular formula is C21H23N5O4. The first-order valence-electron chi connectivity index (χ1n) is 9.41. The molecule has 2 amide bonds. The Bertz CT molecular complexity index is 905. The highest BCUT2D eigenvalue weighted by molar-refractivity contribution is 5.94. The molecule has 2 aromatic carbocycles. The molecule has 0 unspecified atom stereocenters. The Hall–Kier alpha value is -3.84. The van der Waals surface area contributed by atoms with Crippen LogP contribution in [0.1, 0.15) is 34.3 Å². The molecule has 3 N–H and O–H groups in total. The van der Waals surface area contributed by atoms with Gasteiger partial charge in [0.1, 0.15) is 0 Å². The minimum absolute atomic E-state index is 0.0600. The van der Waals surface area contributed by atoms with Crippen LogP contribution >= 0.6 is 0 Å². The smallest absolute Gasteiger partial charge is 0.305 e. The van der Waals surface area contributed by atoms with Crippen molar-refractivity contribution in [2.75, 3.05) is 6.54 Å². The van der Waals surface area contributed by atoms with Crippen molar-refractivity contribution in [3.05, 3.63) is 81.7 Å². The van der Waals surface area contributed by atoms with Gasteiger partial charge in [-0.05, 0) is 35.2 Å². The molecule has 0 spiro atoms. The maximum atomic E-state index is 12.3. The van der Waals surface area contributed by atoms with Crippen LogP contribution in [0.3, 0.4) is 0 Å². The van der Waals surface area contributed by atoms with E-state index in [0.29, 0.717) is 24.9 Å². The third-order valence-electron chi connectivity index (χ3n) is 4.31. The Morgan fingerprint density at radius 2 is 1.73 bits per heavy atom. The first-order valence-corrected chi connectivity index (χ1v) is 9.41. The maximum Gasteiger partial charge on any atom is 0.305 e. The third kappa shape index (κ3) is 8.04. The van der Waals surface area contributed by atoms with Crippen LogP contribution in [-0.2, 0) is 22.6 Å². The van der Waals surface area contributed by atoms with E-state index in [1.807, 2.05) is 30.3 Å². The zero-order chi connectivity index (χ0) is 21.8. The number of hydrogen-bond donors (Lipinski definition) is 3. The molecule has 0 aromatic heterocycles. The molecular weight excluding hydrogens is 386 g/mol. The predicted octanol–water partition coefficient (Wildman–Crippen LogP) is 2.82. The highest BCUT2D eigenvalue weighted by atomic mass is 16.4. The molecule has 30 heavy (non-hydrogen) atoms. The summed E-state index contributed by atoms with van der Waals surface area (Å²) in [4.78, 5) is 37.7. The number of carbonyl (C=O) groups excluding carboxylic acids is 2. The van der Waals surface area contributed by atoms with E-state index in [2.05, 4.69) is 20.7 Å². The fraction of sp³-hybridized carbons (Fsp3) is 0.286. The quantitative estimate of drug-likeness (QED) is 0.298. The number of aliphatic carboxylic acids is 1. The zero-order valence-electron chi connectivity index (χ0n) is 16.3. The van der Waals surface area contributed by atoms with E-state index >= 15 is 0 Å². The van der Waals surface area contributed by atoms with Gasteiger partial charge in [0, 0.05) is 36.0 Å². The zero-order valence-corrected chi connectivity index (χ0v) is 16.3. The summed E-state index contributed by atoms with van der Waals surface area (Å²) in [6, 6.07) is 15.6. The standard InChI is InChI=1S/C21H23N5O4/c22-26-24-14-18(12-20(28)29)25-21(30)17-9-6-16(7-10-17)13-23-19(27)11-8-15-4-2-1-3-5-15/h1-7,9-10,18H,8,11-14H2,(H,23,27)(H,25,30)(H,28,29)/t18-/m0/s1. The van der Waals surface area contributed by atoms with Crippen molar-refractivity contribution < 1.29 is 19.5 Å². The van der Waals surface area contributed by atoms with Gasteiger partial charge in [0.05, 0.1) is 6.42 Å². The van der Waals surface area contributed by atoms with Crippen LogP contribution in [0.2, 0.25) is 0 Å². The number of hydrogen-bond acceptors (Lipinski definition) is 4. The van der Waals surface area contributed by atoms with Gasteiger partial charge in [-0.2, -0.15) is 0 Å². The largest absolute Gasteiger partial charge is 0.481 e. The summed E-state index contributed by atoms with van der Waals surface area (Å²) in [5, 5.41) is 17.6. The summed E-state index contributed by atoms with van der Waals surface area (Å²) in [5.74, 6) is -1.63. The van der Waals surface area contributed by atoms with Gasteiger partial charge in [0.25, 0.3) is 5.91 Å². The van der Waals surface area contributed by atoms with Gasteiger partial charge < -0.3 is 15.7 Å². The van der Waals surface area contributed by atoms with Gasteiger partial charge in [-0.25, -0.2) is 0 Å². The summed E-state index contributed by atoms with van der Waals surface area (Å²) in [7, 11) is 0. The number of carboxylic acid groups (broad SMARTS) is 1. The molecule has 9 heteroatoms. The van der Waals surface area contributed by atoms with Gasteiger partial charge in [-0.1, -0.05) is 47.6 Å². The maximum absolute atomic E-state index is 12.3. The molecule has 0 saturated heterocycles. The minimum Gasteiger partial charge on any atom is -0.481 e. The second-order valence-electron chi connectivity index (χ2n) is 6.64. The molecule has 0 aliphatic carbocycles. The van der Waals surface area contributed by atoms with Gasteiger partial charge in [-0.15, -0.1) is 0 Å². The summed E-state index contributed by atoms with van der Waals surface area (Å²) in [5.41, 5.74) is 10.6. The number of nitrogens with one attached hydrogen (secondary N) is 2. The number of carboxylic acids is 1. The Kier molecular flexibility index (Phi) is 8.89. The number of benzene rings is 2. The van der Waals surface area contributed by atoms with Gasteiger partial charge in [0.15, 0.2) is 0 Å². The molecule has 0 aliphatic rings. The molecule has 156 valence electrons. The van der Waals surface area contributed by atoms with Crippen LogP contribution < -0.4 is 10.6 Å².